The van der Waals surface area contributed by atoms with Crippen LogP contribution in [-0.4, -0.2) is 57.6 Å². The summed E-state index contributed by atoms with van der Waals surface area (Å²) < 4.78 is 44.4. The summed E-state index contributed by atoms with van der Waals surface area (Å²) in [5.74, 6) is 1.41. The fourth-order valence-corrected chi connectivity index (χ4v) is 4.89. The Morgan fingerprint density at radius 1 is 1.12 bits per heavy atom. The van der Waals surface area contributed by atoms with Crippen molar-refractivity contribution in [3.63, 3.8) is 0 Å². The molecular formula is C24H30N2O6S. The fourth-order valence-electron chi connectivity index (χ4n) is 3.46. The zero-order valence-corrected chi connectivity index (χ0v) is 19.8. The van der Waals surface area contributed by atoms with Gasteiger partial charge in [-0.3, -0.25) is 4.79 Å². The van der Waals surface area contributed by atoms with Crippen molar-refractivity contribution in [1.29, 1.82) is 0 Å². The molecule has 4 rings (SSSR count). The molecule has 0 bridgehead atoms. The highest BCUT2D eigenvalue weighted by atomic mass is 32.2. The van der Waals surface area contributed by atoms with Crippen molar-refractivity contribution in [2.24, 2.45) is 5.92 Å². The van der Waals surface area contributed by atoms with Crippen molar-refractivity contribution in [3.05, 3.63) is 48.0 Å². The van der Waals surface area contributed by atoms with E-state index in [4.69, 9.17) is 14.2 Å². The summed E-state index contributed by atoms with van der Waals surface area (Å²) in [6, 6.07) is 11.4. The number of rotatable bonds is 9. The van der Waals surface area contributed by atoms with Crippen LogP contribution in [0.25, 0.3) is 0 Å². The first-order chi connectivity index (χ1) is 15.8. The molecule has 1 saturated carbocycles. The van der Waals surface area contributed by atoms with Crippen LogP contribution in [0.1, 0.15) is 37.0 Å². The van der Waals surface area contributed by atoms with Crippen molar-refractivity contribution >= 4 is 21.6 Å². The molecule has 2 aliphatic rings. The predicted octanol–water partition coefficient (Wildman–Crippen LogP) is 3.54. The maximum Gasteiger partial charge on any atom is 0.255 e. The smallest absolute Gasteiger partial charge is 0.255 e. The molecule has 1 amide bonds. The van der Waals surface area contributed by atoms with Crippen molar-refractivity contribution in [2.75, 3.05) is 38.2 Å². The van der Waals surface area contributed by atoms with Gasteiger partial charge in [-0.05, 0) is 75.1 Å². The Kier molecular flexibility index (Phi) is 7.21. The van der Waals surface area contributed by atoms with Crippen LogP contribution < -0.4 is 14.8 Å². The first-order valence-electron chi connectivity index (χ1n) is 11.3. The first-order valence-corrected chi connectivity index (χ1v) is 12.7. The van der Waals surface area contributed by atoms with Gasteiger partial charge in [-0.2, -0.15) is 4.31 Å². The SMILES string of the molecule is CC(C)Oc1ccc(S(=O)(=O)N2CCOCC2)cc1NC(=O)c1ccc(OCC2CC2)cc1. The van der Waals surface area contributed by atoms with Crippen LogP contribution in [0.5, 0.6) is 11.5 Å². The maximum atomic E-state index is 13.1. The Bertz CT molecular complexity index is 1070. The van der Waals surface area contributed by atoms with Crippen molar-refractivity contribution < 1.29 is 27.4 Å². The van der Waals surface area contributed by atoms with E-state index in [0.717, 1.165) is 5.75 Å². The van der Waals surface area contributed by atoms with E-state index < -0.39 is 10.0 Å². The summed E-state index contributed by atoms with van der Waals surface area (Å²) in [6.45, 7) is 5.74. The lowest BCUT2D eigenvalue weighted by atomic mass is 10.2. The van der Waals surface area contributed by atoms with E-state index in [1.54, 1.807) is 30.3 Å². The van der Waals surface area contributed by atoms with Gasteiger partial charge in [-0.25, -0.2) is 8.42 Å². The van der Waals surface area contributed by atoms with Gasteiger partial charge in [-0.15, -0.1) is 0 Å². The molecule has 1 N–H and O–H groups in total. The minimum absolute atomic E-state index is 0.0969. The van der Waals surface area contributed by atoms with Crippen LogP contribution in [0.4, 0.5) is 5.69 Å². The molecule has 1 saturated heterocycles. The number of amides is 1. The zero-order chi connectivity index (χ0) is 23.4. The number of hydrogen-bond donors (Lipinski definition) is 1. The number of morpholine rings is 1. The quantitative estimate of drug-likeness (QED) is 0.598. The van der Waals surface area contributed by atoms with Gasteiger partial charge in [0.2, 0.25) is 10.0 Å². The molecule has 0 atom stereocenters. The summed E-state index contributed by atoms with van der Waals surface area (Å²) in [7, 11) is -3.71. The molecule has 9 heteroatoms. The summed E-state index contributed by atoms with van der Waals surface area (Å²) in [5.41, 5.74) is 0.739. The highest BCUT2D eigenvalue weighted by Crippen LogP contribution is 2.31. The monoisotopic (exact) mass is 474 g/mol. The third kappa shape index (κ3) is 6.04. The van der Waals surface area contributed by atoms with Gasteiger partial charge in [0.25, 0.3) is 5.91 Å². The molecule has 8 nitrogen and oxygen atoms in total. The Morgan fingerprint density at radius 2 is 1.82 bits per heavy atom. The van der Waals surface area contributed by atoms with Crippen LogP contribution in [-0.2, 0) is 14.8 Å². The Morgan fingerprint density at radius 3 is 2.45 bits per heavy atom. The van der Waals surface area contributed by atoms with Crippen molar-refractivity contribution in [1.82, 2.24) is 4.31 Å². The molecule has 33 heavy (non-hydrogen) atoms. The number of anilines is 1. The van der Waals surface area contributed by atoms with Crippen molar-refractivity contribution in [3.8, 4) is 11.5 Å². The molecule has 0 unspecified atom stereocenters. The second kappa shape index (κ2) is 10.1. The standard InChI is InChI=1S/C24H30N2O6S/c1-17(2)32-23-10-9-21(33(28,29)26-11-13-30-14-12-26)15-22(23)25-24(27)19-5-7-20(8-6-19)31-16-18-3-4-18/h5-10,15,17-18H,3-4,11-14,16H2,1-2H3,(H,25,27). The number of nitrogens with zero attached hydrogens (tertiary/aromatic N) is 1. The minimum Gasteiger partial charge on any atom is -0.493 e. The molecule has 1 heterocycles. The van der Waals surface area contributed by atoms with Gasteiger partial charge in [0.05, 0.1) is 36.5 Å². The lowest BCUT2D eigenvalue weighted by molar-refractivity contribution is 0.0730. The van der Waals surface area contributed by atoms with Gasteiger partial charge in [-0.1, -0.05) is 0 Å². The topological polar surface area (TPSA) is 94.2 Å². The van der Waals surface area contributed by atoms with E-state index >= 15 is 0 Å². The number of benzene rings is 2. The summed E-state index contributed by atoms with van der Waals surface area (Å²) in [4.78, 5) is 13.0. The molecule has 178 valence electrons. The third-order valence-corrected chi connectivity index (χ3v) is 7.36. The molecule has 2 fully saturated rings. The molecule has 2 aromatic carbocycles. The molecule has 0 spiro atoms. The zero-order valence-electron chi connectivity index (χ0n) is 19.0. The number of carbonyl (C=O) groups excluding carboxylic acids is 1. The number of carbonyl (C=O) groups is 1. The van der Waals surface area contributed by atoms with Gasteiger partial charge in [0.1, 0.15) is 11.5 Å². The Hall–Kier alpha value is -2.62. The molecule has 1 aliphatic heterocycles. The van der Waals surface area contributed by atoms with Crippen LogP contribution in [0.2, 0.25) is 0 Å². The van der Waals surface area contributed by atoms with E-state index in [1.165, 1.54) is 29.3 Å². The second-order valence-corrected chi connectivity index (χ2v) is 10.5. The second-order valence-electron chi connectivity index (χ2n) is 8.57. The van der Waals surface area contributed by atoms with E-state index in [9.17, 15) is 13.2 Å². The first kappa shape index (κ1) is 23.5. The number of hydrogen-bond acceptors (Lipinski definition) is 6. The Labute approximate surface area is 194 Å². The van der Waals surface area contributed by atoms with Gasteiger partial charge in [0, 0.05) is 18.7 Å². The number of ether oxygens (including phenoxy) is 3. The summed E-state index contributed by atoms with van der Waals surface area (Å²) in [6.07, 6.45) is 2.27. The van der Waals surface area contributed by atoms with Gasteiger partial charge < -0.3 is 19.5 Å². The average Bonchev–Trinajstić information content (AvgIpc) is 3.64. The summed E-state index contributed by atoms with van der Waals surface area (Å²) >= 11 is 0. The van der Waals surface area contributed by atoms with Gasteiger partial charge >= 0.3 is 0 Å². The lowest BCUT2D eigenvalue weighted by Crippen LogP contribution is -2.40. The van der Waals surface area contributed by atoms with E-state index in [1.807, 2.05) is 13.8 Å². The van der Waals surface area contributed by atoms with Crippen LogP contribution in [0.3, 0.4) is 0 Å². The highest BCUT2D eigenvalue weighted by Gasteiger charge is 2.27. The number of nitrogens with one attached hydrogen (secondary N) is 1. The largest absolute Gasteiger partial charge is 0.493 e. The third-order valence-electron chi connectivity index (χ3n) is 5.47. The molecule has 2 aromatic rings. The van der Waals surface area contributed by atoms with E-state index in [0.29, 0.717) is 55.8 Å². The number of sulfonamides is 1. The van der Waals surface area contributed by atoms with Crippen molar-refractivity contribution in [2.45, 2.75) is 37.7 Å². The van der Waals surface area contributed by atoms with E-state index in [2.05, 4.69) is 5.32 Å². The van der Waals surface area contributed by atoms with Crippen LogP contribution in [0.15, 0.2) is 47.4 Å². The minimum atomic E-state index is -3.71. The Balaban J connectivity index is 1.53. The van der Waals surface area contributed by atoms with Crippen LogP contribution in [0, 0.1) is 5.92 Å². The van der Waals surface area contributed by atoms with E-state index in [-0.39, 0.29) is 16.9 Å². The lowest BCUT2D eigenvalue weighted by Gasteiger charge is -2.26. The maximum absolute atomic E-state index is 13.1. The molecule has 0 aromatic heterocycles. The predicted molar refractivity (Wildman–Crippen MR) is 124 cm³/mol. The normalized spacial score (nSPS) is 17.1. The molecular weight excluding hydrogens is 444 g/mol. The fraction of sp³-hybridized carbons (Fsp3) is 0.458. The summed E-state index contributed by atoms with van der Waals surface area (Å²) in [5, 5.41) is 2.81. The highest BCUT2D eigenvalue weighted by molar-refractivity contribution is 7.89. The molecule has 1 aliphatic carbocycles. The van der Waals surface area contributed by atoms with Gasteiger partial charge in [0.15, 0.2) is 0 Å². The van der Waals surface area contributed by atoms with Crippen LogP contribution >= 0.6 is 0 Å². The average molecular weight is 475 g/mol. The molecule has 0 radical (unpaired) electrons.